The molecule has 0 bridgehead atoms. The Bertz CT molecular complexity index is 640. The maximum Gasteiger partial charge on any atom is 0.354 e. The molecular weight excluding hydrogens is 272 g/mol. The fraction of sp³-hybridized carbons (Fsp3) is 0.400. The Balaban J connectivity index is 2.11. The molecule has 0 radical (unpaired) electrons. The van der Waals surface area contributed by atoms with Gasteiger partial charge in [-0.1, -0.05) is 12.1 Å². The average Bonchev–Trinajstić information content (AvgIpc) is 2.82. The summed E-state index contributed by atoms with van der Waals surface area (Å²) in [7, 11) is 1.34. The molecule has 6 heteroatoms. The molecule has 0 spiro atoms. The monoisotopic (exact) mass is 288 g/mol. The SMILES string of the molecule is COC(=O)C1=NN2c3ccccc3C(=O)OCCC2(C)C1. The first-order valence-electron chi connectivity index (χ1n) is 6.77. The van der Waals surface area contributed by atoms with Gasteiger partial charge in [0.1, 0.15) is 5.71 Å². The molecule has 6 nitrogen and oxygen atoms in total. The summed E-state index contributed by atoms with van der Waals surface area (Å²) in [5.74, 6) is -0.804. The van der Waals surface area contributed by atoms with Gasteiger partial charge >= 0.3 is 11.9 Å². The zero-order valence-corrected chi connectivity index (χ0v) is 12.0. The Hall–Kier alpha value is -2.37. The van der Waals surface area contributed by atoms with E-state index in [9.17, 15) is 9.59 Å². The predicted molar refractivity (Wildman–Crippen MR) is 76.3 cm³/mol. The fourth-order valence-electron chi connectivity index (χ4n) is 2.75. The van der Waals surface area contributed by atoms with Gasteiger partial charge in [-0.3, -0.25) is 5.01 Å². The summed E-state index contributed by atoms with van der Waals surface area (Å²) in [6.45, 7) is 2.30. The van der Waals surface area contributed by atoms with Crippen molar-refractivity contribution in [3.63, 3.8) is 0 Å². The first kappa shape index (κ1) is 13.6. The van der Waals surface area contributed by atoms with E-state index in [1.54, 1.807) is 17.1 Å². The minimum atomic E-state index is -0.437. The van der Waals surface area contributed by atoms with E-state index in [2.05, 4.69) is 5.10 Å². The molecule has 2 aliphatic heterocycles. The highest BCUT2D eigenvalue weighted by atomic mass is 16.5. The van der Waals surface area contributed by atoms with Gasteiger partial charge in [-0.05, 0) is 19.1 Å². The van der Waals surface area contributed by atoms with Crippen LogP contribution in [0.2, 0.25) is 0 Å². The molecule has 1 unspecified atom stereocenters. The Kier molecular flexibility index (Phi) is 3.16. The van der Waals surface area contributed by atoms with E-state index in [1.807, 2.05) is 19.1 Å². The number of anilines is 1. The quantitative estimate of drug-likeness (QED) is 0.736. The van der Waals surface area contributed by atoms with E-state index >= 15 is 0 Å². The van der Waals surface area contributed by atoms with Gasteiger partial charge in [0.25, 0.3) is 0 Å². The minimum Gasteiger partial charge on any atom is -0.464 e. The molecule has 0 saturated heterocycles. The Labute approximate surface area is 122 Å². The summed E-state index contributed by atoms with van der Waals surface area (Å²) in [5.41, 5.74) is 1.08. The standard InChI is InChI=1S/C15H16N2O4/c1-15-7-8-21-13(18)10-5-3-4-6-12(10)17(15)16-11(9-15)14(19)20-2/h3-6H,7-9H2,1-2H3. The maximum atomic E-state index is 12.0. The van der Waals surface area contributed by atoms with Gasteiger partial charge in [0.2, 0.25) is 0 Å². The smallest absolute Gasteiger partial charge is 0.354 e. The first-order chi connectivity index (χ1) is 10.0. The number of carbonyl (C=O) groups is 2. The number of hydrazone groups is 1. The lowest BCUT2D eigenvalue weighted by Gasteiger charge is -2.36. The second-order valence-electron chi connectivity index (χ2n) is 5.43. The second-order valence-corrected chi connectivity index (χ2v) is 5.43. The summed E-state index contributed by atoms with van der Waals surface area (Å²) in [5, 5.41) is 6.16. The van der Waals surface area contributed by atoms with Crippen molar-refractivity contribution < 1.29 is 19.1 Å². The van der Waals surface area contributed by atoms with Crippen LogP contribution < -0.4 is 5.01 Å². The van der Waals surface area contributed by atoms with Crippen LogP contribution in [0, 0.1) is 0 Å². The van der Waals surface area contributed by atoms with E-state index < -0.39 is 11.5 Å². The van der Waals surface area contributed by atoms with Crippen molar-refractivity contribution in [2.24, 2.45) is 5.10 Å². The van der Waals surface area contributed by atoms with E-state index in [0.29, 0.717) is 36.4 Å². The van der Waals surface area contributed by atoms with Gasteiger partial charge in [0, 0.05) is 12.8 Å². The third-order valence-corrected chi connectivity index (χ3v) is 3.93. The van der Waals surface area contributed by atoms with Crippen LogP contribution in [-0.4, -0.2) is 36.9 Å². The molecule has 1 aromatic rings. The molecule has 0 amide bonds. The topological polar surface area (TPSA) is 68.2 Å². The number of hydrogen-bond acceptors (Lipinski definition) is 6. The van der Waals surface area contributed by atoms with Crippen LogP contribution in [0.3, 0.4) is 0 Å². The van der Waals surface area contributed by atoms with Crippen molar-refractivity contribution in [3.05, 3.63) is 29.8 Å². The zero-order valence-electron chi connectivity index (χ0n) is 12.0. The first-order valence-corrected chi connectivity index (χ1v) is 6.77. The van der Waals surface area contributed by atoms with Crippen LogP contribution in [0.15, 0.2) is 29.4 Å². The van der Waals surface area contributed by atoms with Gasteiger partial charge in [-0.15, -0.1) is 0 Å². The van der Waals surface area contributed by atoms with Gasteiger partial charge < -0.3 is 9.47 Å². The number of para-hydroxylation sites is 1. The summed E-state index contributed by atoms with van der Waals surface area (Å²) in [4.78, 5) is 23.8. The lowest BCUT2D eigenvalue weighted by Crippen LogP contribution is -2.43. The lowest BCUT2D eigenvalue weighted by molar-refractivity contribution is -0.132. The van der Waals surface area contributed by atoms with Gasteiger partial charge in [0.15, 0.2) is 0 Å². The second kappa shape index (κ2) is 4.87. The Morgan fingerprint density at radius 3 is 2.95 bits per heavy atom. The molecule has 2 aliphatic rings. The van der Waals surface area contributed by atoms with E-state index in [4.69, 9.17) is 9.47 Å². The van der Waals surface area contributed by atoms with Gasteiger partial charge in [-0.25, -0.2) is 9.59 Å². The number of ether oxygens (including phenoxy) is 2. The molecule has 1 atom stereocenters. The number of nitrogens with zero attached hydrogens (tertiary/aromatic N) is 2. The van der Waals surface area contributed by atoms with Crippen LogP contribution in [-0.2, 0) is 14.3 Å². The number of methoxy groups -OCH3 is 1. The number of carbonyl (C=O) groups excluding carboxylic acids is 2. The van der Waals surface area contributed by atoms with E-state index in [-0.39, 0.29) is 5.97 Å². The highest BCUT2D eigenvalue weighted by molar-refractivity contribution is 6.37. The van der Waals surface area contributed by atoms with Gasteiger partial charge in [0.05, 0.1) is 30.5 Å². The molecule has 0 N–H and O–H groups in total. The third kappa shape index (κ3) is 2.16. The lowest BCUT2D eigenvalue weighted by atomic mass is 9.90. The van der Waals surface area contributed by atoms with Crippen LogP contribution in [0.25, 0.3) is 0 Å². The molecule has 1 aromatic carbocycles. The normalized spacial score (nSPS) is 24.2. The van der Waals surface area contributed by atoms with Crippen molar-refractivity contribution >= 4 is 23.3 Å². The molecule has 110 valence electrons. The van der Waals surface area contributed by atoms with Crippen molar-refractivity contribution in [1.82, 2.24) is 0 Å². The molecular formula is C15H16N2O4. The molecule has 3 rings (SSSR count). The molecule has 0 fully saturated rings. The molecule has 0 saturated carbocycles. The van der Waals surface area contributed by atoms with Crippen LogP contribution >= 0.6 is 0 Å². The molecule has 2 heterocycles. The Morgan fingerprint density at radius 2 is 2.19 bits per heavy atom. The summed E-state index contributed by atoms with van der Waals surface area (Å²) in [6.07, 6.45) is 1.06. The largest absolute Gasteiger partial charge is 0.464 e. The molecule has 0 aromatic heterocycles. The van der Waals surface area contributed by atoms with Crippen LogP contribution in [0.1, 0.15) is 30.1 Å². The van der Waals surface area contributed by atoms with Crippen molar-refractivity contribution in [1.29, 1.82) is 0 Å². The van der Waals surface area contributed by atoms with Crippen molar-refractivity contribution in [2.75, 3.05) is 18.7 Å². The van der Waals surface area contributed by atoms with E-state index in [0.717, 1.165) is 0 Å². The summed E-state index contributed by atoms with van der Waals surface area (Å²) < 4.78 is 10.0. The number of esters is 2. The zero-order chi connectivity index (χ0) is 15.0. The Morgan fingerprint density at radius 1 is 1.43 bits per heavy atom. The summed E-state index contributed by atoms with van der Waals surface area (Å²) >= 11 is 0. The van der Waals surface area contributed by atoms with E-state index in [1.165, 1.54) is 7.11 Å². The number of rotatable bonds is 1. The van der Waals surface area contributed by atoms with Crippen LogP contribution in [0.5, 0.6) is 0 Å². The van der Waals surface area contributed by atoms with Crippen molar-refractivity contribution in [2.45, 2.75) is 25.3 Å². The maximum absolute atomic E-state index is 12.0. The summed E-state index contributed by atoms with van der Waals surface area (Å²) in [6, 6.07) is 7.12. The predicted octanol–water partition coefficient (Wildman–Crippen LogP) is 1.74. The third-order valence-electron chi connectivity index (χ3n) is 3.93. The number of benzene rings is 1. The van der Waals surface area contributed by atoms with Crippen LogP contribution in [0.4, 0.5) is 5.69 Å². The number of cyclic esters (lactones) is 1. The van der Waals surface area contributed by atoms with Crippen molar-refractivity contribution in [3.8, 4) is 0 Å². The average molecular weight is 288 g/mol. The number of fused-ring (bicyclic) bond motifs is 3. The fourth-order valence-corrected chi connectivity index (χ4v) is 2.75. The molecule has 0 aliphatic carbocycles. The highest BCUT2D eigenvalue weighted by Gasteiger charge is 2.44. The highest BCUT2D eigenvalue weighted by Crippen LogP contribution is 2.38. The number of hydrogen-bond donors (Lipinski definition) is 0. The molecule has 21 heavy (non-hydrogen) atoms. The minimum absolute atomic E-state index is 0.296. The van der Waals surface area contributed by atoms with Gasteiger partial charge in [-0.2, -0.15) is 5.10 Å².